The average Bonchev–Trinajstić information content (AvgIpc) is 3.34. The van der Waals surface area contributed by atoms with Crippen LogP contribution in [0.1, 0.15) is 31.0 Å². The molecule has 1 atom stereocenters. The van der Waals surface area contributed by atoms with Crippen LogP contribution < -0.4 is 10.2 Å². The third kappa shape index (κ3) is 3.41. The van der Waals surface area contributed by atoms with Crippen LogP contribution in [0.25, 0.3) is 0 Å². The van der Waals surface area contributed by atoms with Crippen LogP contribution in [0.3, 0.4) is 0 Å². The Morgan fingerprint density at radius 3 is 2.70 bits per heavy atom. The van der Waals surface area contributed by atoms with Gasteiger partial charge in [0.05, 0.1) is 29.7 Å². The van der Waals surface area contributed by atoms with E-state index >= 15 is 0 Å². The number of anilines is 3. The molecule has 0 amide bonds. The van der Waals surface area contributed by atoms with Crippen molar-refractivity contribution in [1.82, 2.24) is 15.2 Å². The molecule has 0 spiro atoms. The molecule has 4 rings (SSSR count). The Balaban J connectivity index is 1.76. The number of aromatic amines is 1. The number of morpholine rings is 1. The summed E-state index contributed by atoms with van der Waals surface area (Å²) in [6.07, 6.45) is 2.62. The van der Waals surface area contributed by atoms with Gasteiger partial charge in [-0.15, -0.1) is 0 Å². The molecule has 1 saturated heterocycles. The molecule has 1 aliphatic heterocycles. The molecule has 2 fully saturated rings. The molecule has 146 valence electrons. The second kappa shape index (κ2) is 6.49. The summed E-state index contributed by atoms with van der Waals surface area (Å²) in [5, 5.41) is 10.3. The van der Waals surface area contributed by atoms with Gasteiger partial charge in [-0.3, -0.25) is 5.10 Å². The molecule has 1 saturated carbocycles. The number of hydrogen-bond acceptors (Lipinski definition) is 7. The number of hydrogen-bond donors (Lipinski definition) is 2. The van der Waals surface area contributed by atoms with E-state index in [2.05, 4.69) is 27.3 Å². The minimum Gasteiger partial charge on any atom is -0.377 e. The highest BCUT2D eigenvalue weighted by atomic mass is 32.2. The van der Waals surface area contributed by atoms with E-state index in [1.807, 2.05) is 25.1 Å². The average molecular weight is 391 g/mol. The van der Waals surface area contributed by atoms with Crippen LogP contribution in [0, 0.1) is 6.92 Å². The quantitative estimate of drug-likeness (QED) is 0.805. The number of aromatic nitrogens is 3. The zero-order valence-corrected chi connectivity index (χ0v) is 16.6. The Labute approximate surface area is 159 Å². The molecule has 27 heavy (non-hydrogen) atoms. The predicted octanol–water partition coefficient (Wildman–Crippen LogP) is 2.12. The standard InChI is InChI=1S/C18H25N5O3S/c1-12-8-16(22-21-12)19-15-9-14(18(4-5-18)27(3,24)25)10-17(20-15)23-6-7-26-11-13(23)2/h8-10,13H,4-7,11H2,1-3H3,(H2,19,20,21,22)/t13-/m1/s1. The van der Waals surface area contributed by atoms with E-state index < -0.39 is 14.6 Å². The fraction of sp³-hybridized carbons (Fsp3) is 0.556. The maximum absolute atomic E-state index is 12.5. The van der Waals surface area contributed by atoms with Gasteiger partial charge in [0.2, 0.25) is 0 Å². The summed E-state index contributed by atoms with van der Waals surface area (Å²) < 4.78 is 29.6. The van der Waals surface area contributed by atoms with E-state index in [1.165, 1.54) is 6.26 Å². The number of nitrogens with one attached hydrogen (secondary N) is 2. The molecule has 0 unspecified atom stereocenters. The van der Waals surface area contributed by atoms with Crippen LogP contribution in [0.15, 0.2) is 18.2 Å². The van der Waals surface area contributed by atoms with Gasteiger partial charge in [0.1, 0.15) is 17.5 Å². The lowest BCUT2D eigenvalue weighted by molar-refractivity contribution is 0.0985. The van der Waals surface area contributed by atoms with Crippen molar-refractivity contribution in [3.63, 3.8) is 0 Å². The largest absolute Gasteiger partial charge is 0.377 e. The second-order valence-electron chi connectivity index (χ2n) is 7.53. The van der Waals surface area contributed by atoms with Gasteiger partial charge in [0, 0.05) is 18.9 Å². The Hall–Kier alpha value is -2.13. The number of pyridine rings is 1. The highest BCUT2D eigenvalue weighted by molar-refractivity contribution is 7.92. The summed E-state index contributed by atoms with van der Waals surface area (Å²) in [4.78, 5) is 6.93. The van der Waals surface area contributed by atoms with Crippen molar-refractivity contribution < 1.29 is 13.2 Å². The fourth-order valence-corrected chi connectivity index (χ4v) is 5.06. The Bertz CT molecular complexity index is 952. The number of sulfone groups is 1. The number of aryl methyl sites for hydroxylation is 1. The van der Waals surface area contributed by atoms with Crippen molar-refractivity contribution >= 4 is 27.3 Å². The van der Waals surface area contributed by atoms with Crippen LogP contribution in [-0.2, 0) is 19.3 Å². The highest BCUT2D eigenvalue weighted by Crippen LogP contribution is 2.53. The maximum atomic E-state index is 12.5. The molecule has 2 aromatic rings. The molecule has 2 N–H and O–H groups in total. The summed E-state index contributed by atoms with van der Waals surface area (Å²) in [5.41, 5.74) is 1.66. The van der Waals surface area contributed by atoms with Gasteiger partial charge < -0.3 is 15.0 Å². The molecule has 2 aromatic heterocycles. The summed E-state index contributed by atoms with van der Waals surface area (Å²) in [6, 6.07) is 5.84. The zero-order valence-electron chi connectivity index (χ0n) is 15.8. The van der Waals surface area contributed by atoms with E-state index in [-0.39, 0.29) is 6.04 Å². The normalized spacial score (nSPS) is 21.9. The first-order valence-corrected chi connectivity index (χ1v) is 11.0. The van der Waals surface area contributed by atoms with Gasteiger partial charge in [0.25, 0.3) is 0 Å². The SMILES string of the molecule is Cc1cc(Nc2cc(C3(S(C)(=O)=O)CC3)cc(N3CCOC[C@H]3C)n2)[nH]n1. The number of nitrogens with zero attached hydrogens (tertiary/aromatic N) is 3. The van der Waals surface area contributed by atoms with Gasteiger partial charge in [-0.2, -0.15) is 5.10 Å². The lowest BCUT2D eigenvalue weighted by Gasteiger charge is -2.35. The van der Waals surface area contributed by atoms with Crippen LogP contribution in [0.2, 0.25) is 0 Å². The maximum Gasteiger partial charge on any atom is 0.157 e. The summed E-state index contributed by atoms with van der Waals surface area (Å²) >= 11 is 0. The predicted molar refractivity (Wildman–Crippen MR) is 104 cm³/mol. The van der Waals surface area contributed by atoms with E-state index in [4.69, 9.17) is 9.72 Å². The first-order chi connectivity index (χ1) is 12.8. The number of ether oxygens (including phenoxy) is 1. The van der Waals surface area contributed by atoms with Gasteiger partial charge >= 0.3 is 0 Å². The lowest BCUT2D eigenvalue weighted by atomic mass is 10.1. The van der Waals surface area contributed by atoms with Gasteiger partial charge in [-0.05, 0) is 44.4 Å². The second-order valence-corrected chi connectivity index (χ2v) is 9.86. The third-order valence-corrected chi connectivity index (χ3v) is 7.45. The van der Waals surface area contributed by atoms with E-state index in [0.717, 1.165) is 29.4 Å². The fourth-order valence-electron chi connectivity index (χ4n) is 3.67. The minimum atomic E-state index is -3.21. The molecule has 0 bridgehead atoms. The first-order valence-electron chi connectivity index (χ1n) is 9.14. The highest BCUT2D eigenvalue weighted by Gasteiger charge is 2.54. The van der Waals surface area contributed by atoms with Gasteiger partial charge in [-0.25, -0.2) is 13.4 Å². The van der Waals surface area contributed by atoms with Crippen LogP contribution in [0.4, 0.5) is 17.5 Å². The topological polar surface area (TPSA) is 100 Å². The van der Waals surface area contributed by atoms with Crippen LogP contribution in [0.5, 0.6) is 0 Å². The molecular weight excluding hydrogens is 366 g/mol. The molecule has 9 heteroatoms. The van der Waals surface area contributed by atoms with Crippen molar-refractivity contribution in [3.8, 4) is 0 Å². The van der Waals surface area contributed by atoms with Gasteiger partial charge in [0.15, 0.2) is 9.84 Å². The van der Waals surface area contributed by atoms with Crippen molar-refractivity contribution in [3.05, 3.63) is 29.5 Å². The smallest absolute Gasteiger partial charge is 0.157 e. The molecule has 0 radical (unpaired) electrons. The molecule has 1 aliphatic carbocycles. The first kappa shape index (κ1) is 18.2. The lowest BCUT2D eigenvalue weighted by Crippen LogP contribution is -2.44. The Morgan fingerprint density at radius 2 is 2.11 bits per heavy atom. The number of rotatable bonds is 5. The molecule has 2 aliphatic rings. The summed E-state index contributed by atoms with van der Waals surface area (Å²) in [7, 11) is -3.21. The molecule has 8 nitrogen and oxygen atoms in total. The molecule has 0 aromatic carbocycles. The van der Waals surface area contributed by atoms with E-state index in [0.29, 0.717) is 31.9 Å². The van der Waals surface area contributed by atoms with Crippen molar-refractivity contribution in [2.24, 2.45) is 0 Å². The third-order valence-electron chi connectivity index (χ3n) is 5.38. The van der Waals surface area contributed by atoms with Crippen molar-refractivity contribution in [1.29, 1.82) is 0 Å². The minimum absolute atomic E-state index is 0.178. The zero-order chi connectivity index (χ0) is 19.2. The summed E-state index contributed by atoms with van der Waals surface area (Å²) in [6.45, 7) is 5.98. The monoisotopic (exact) mass is 391 g/mol. The van der Waals surface area contributed by atoms with Crippen LogP contribution in [-0.4, -0.2) is 55.7 Å². The van der Waals surface area contributed by atoms with Crippen LogP contribution >= 0.6 is 0 Å². The van der Waals surface area contributed by atoms with E-state index in [9.17, 15) is 8.42 Å². The summed E-state index contributed by atoms with van der Waals surface area (Å²) in [5.74, 6) is 2.11. The van der Waals surface area contributed by atoms with Gasteiger partial charge in [-0.1, -0.05) is 0 Å². The van der Waals surface area contributed by atoms with Crippen molar-refractivity contribution in [2.45, 2.75) is 37.5 Å². The molecular formula is C18H25N5O3S. The Kier molecular flexibility index (Phi) is 4.38. The van der Waals surface area contributed by atoms with E-state index in [1.54, 1.807) is 0 Å². The Morgan fingerprint density at radius 1 is 1.33 bits per heavy atom. The molecule has 3 heterocycles. The number of H-pyrrole nitrogens is 1. The van der Waals surface area contributed by atoms with Crippen molar-refractivity contribution in [2.75, 3.05) is 36.2 Å².